The molecule has 8 heteroatoms. The Bertz CT molecular complexity index is 948. The highest BCUT2D eigenvalue weighted by atomic mass is 16.3. The third-order valence-corrected chi connectivity index (χ3v) is 5.85. The van der Waals surface area contributed by atoms with E-state index in [0.717, 1.165) is 11.1 Å². The molecule has 0 saturated carbocycles. The maximum atomic E-state index is 12.8. The van der Waals surface area contributed by atoms with E-state index in [4.69, 9.17) is 9.90 Å². The molecule has 2 saturated heterocycles. The average molecular weight is 411 g/mol. The minimum atomic E-state index is -0.250. The van der Waals surface area contributed by atoms with Gasteiger partial charge in [0.05, 0.1) is 6.04 Å². The Balaban J connectivity index is 0.000000806. The van der Waals surface area contributed by atoms with Gasteiger partial charge in [0.25, 0.3) is 12.4 Å². The highest BCUT2D eigenvalue weighted by Crippen LogP contribution is 2.46. The molecule has 158 valence electrons. The Morgan fingerprint density at radius 3 is 2.47 bits per heavy atom. The number of carbonyl (C=O) groups excluding carboxylic acids is 2. The van der Waals surface area contributed by atoms with Crippen molar-refractivity contribution in [2.24, 2.45) is 11.8 Å². The van der Waals surface area contributed by atoms with Gasteiger partial charge in [-0.1, -0.05) is 24.3 Å². The van der Waals surface area contributed by atoms with Crippen LogP contribution >= 0.6 is 0 Å². The number of aromatic nitrogens is 1. The molecule has 0 radical (unpaired) electrons. The first-order valence-electron chi connectivity index (χ1n) is 9.72. The van der Waals surface area contributed by atoms with Crippen molar-refractivity contribution in [1.82, 2.24) is 14.8 Å². The number of fused-ring (bicyclic) bond motifs is 1. The van der Waals surface area contributed by atoms with E-state index < -0.39 is 0 Å². The van der Waals surface area contributed by atoms with Crippen molar-refractivity contribution in [2.45, 2.75) is 19.9 Å². The molecule has 1 aromatic carbocycles. The van der Waals surface area contributed by atoms with Gasteiger partial charge in [-0.3, -0.25) is 14.4 Å². The number of likely N-dealkylation sites (tertiary alicyclic amines) is 2. The van der Waals surface area contributed by atoms with E-state index in [1.807, 2.05) is 17.0 Å². The molecule has 0 unspecified atom stereocenters. The lowest BCUT2D eigenvalue weighted by molar-refractivity contribution is -0.130. The van der Waals surface area contributed by atoms with E-state index >= 15 is 0 Å². The number of hydrogen-bond donors (Lipinski definition) is 2. The molecule has 2 amide bonds. The van der Waals surface area contributed by atoms with Crippen LogP contribution in [0.4, 0.5) is 0 Å². The minimum absolute atomic E-state index is 0.0242. The molecule has 8 nitrogen and oxygen atoms in total. The normalized spacial score (nSPS) is 22.1. The molecular formula is C22H25N3O5. The number of hydrogen-bond acceptors (Lipinski definition) is 5. The SMILES string of the molecule is CC(=O)N1C[C@H]2CN(C(=O)c3ncccc3O)C[C@H]2[C@@H]1c1ccccc1C.O=CO. The largest absolute Gasteiger partial charge is 0.505 e. The smallest absolute Gasteiger partial charge is 0.290 e. The number of carboxylic acid groups (broad SMARTS) is 1. The molecule has 1 aromatic heterocycles. The fourth-order valence-corrected chi connectivity index (χ4v) is 4.56. The Labute approximate surface area is 174 Å². The first kappa shape index (κ1) is 21.3. The van der Waals surface area contributed by atoms with E-state index in [-0.39, 0.29) is 47.6 Å². The number of rotatable bonds is 2. The molecule has 0 bridgehead atoms. The maximum Gasteiger partial charge on any atom is 0.290 e. The number of carbonyl (C=O) groups is 3. The van der Waals surface area contributed by atoms with Gasteiger partial charge < -0.3 is 20.0 Å². The summed E-state index contributed by atoms with van der Waals surface area (Å²) in [7, 11) is 0. The van der Waals surface area contributed by atoms with Crippen LogP contribution in [0.3, 0.4) is 0 Å². The zero-order valence-corrected chi connectivity index (χ0v) is 16.9. The van der Waals surface area contributed by atoms with Crippen molar-refractivity contribution in [2.75, 3.05) is 19.6 Å². The second-order valence-electron chi connectivity index (χ2n) is 7.58. The van der Waals surface area contributed by atoms with Gasteiger partial charge in [-0.15, -0.1) is 0 Å². The molecule has 2 aliphatic heterocycles. The summed E-state index contributed by atoms with van der Waals surface area (Å²) in [6, 6.07) is 11.2. The van der Waals surface area contributed by atoms with Gasteiger partial charge in [-0.05, 0) is 30.2 Å². The summed E-state index contributed by atoms with van der Waals surface area (Å²) in [6.07, 6.45) is 1.51. The van der Waals surface area contributed by atoms with Crippen molar-refractivity contribution in [3.05, 3.63) is 59.4 Å². The lowest BCUT2D eigenvalue weighted by Gasteiger charge is -2.30. The fraction of sp³-hybridized carbons (Fsp3) is 0.364. The van der Waals surface area contributed by atoms with Gasteiger partial charge in [-0.25, -0.2) is 4.98 Å². The fourth-order valence-electron chi connectivity index (χ4n) is 4.56. The van der Waals surface area contributed by atoms with Crippen LogP contribution in [0.2, 0.25) is 0 Å². The van der Waals surface area contributed by atoms with Gasteiger partial charge >= 0.3 is 0 Å². The first-order chi connectivity index (χ1) is 14.4. The zero-order chi connectivity index (χ0) is 21.8. The van der Waals surface area contributed by atoms with Crippen LogP contribution in [0, 0.1) is 18.8 Å². The Morgan fingerprint density at radius 1 is 1.13 bits per heavy atom. The summed E-state index contributed by atoms with van der Waals surface area (Å²) < 4.78 is 0. The summed E-state index contributed by atoms with van der Waals surface area (Å²) in [5.41, 5.74) is 2.39. The minimum Gasteiger partial charge on any atom is -0.505 e. The molecule has 3 atom stereocenters. The summed E-state index contributed by atoms with van der Waals surface area (Å²) in [5.74, 6) is 0.136. The third-order valence-electron chi connectivity index (χ3n) is 5.85. The van der Waals surface area contributed by atoms with Gasteiger partial charge in [0.15, 0.2) is 5.69 Å². The molecule has 2 aliphatic rings. The molecule has 3 heterocycles. The van der Waals surface area contributed by atoms with E-state index in [0.29, 0.717) is 19.6 Å². The quantitative estimate of drug-likeness (QED) is 0.732. The highest BCUT2D eigenvalue weighted by molar-refractivity contribution is 5.95. The number of nitrogens with zero attached hydrogens (tertiary/aromatic N) is 3. The molecule has 2 N–H and O–H groups in total. The van der Waals surface area contributed by atoms with E-state index in [2.05, 4.69) is 24.0 Å². The lowest BCUT2D eigenvalue weighted by Crippen LogP contribution is -2.37. The van der Waals surface area contributed by atoms with Crippen LogP contribution < -0.4 is 0 Å². The molecule has 4 rings (SSSR count). The highest BCUT2D eigenvalue weighted by Gasteiger charge is 2.50. The monoisotopic (exact) mass is 411 g/mol. The Morgan fingerprint density at radius 2 is 1.83 bits per heavy atom. The van der Waals surface area contributed by atoms with Crippen LogP contribution in [-0.4, -0.2) is 62.9 Å². The van der Waals surface area contributed by atoms with Gasteiger partial charge in [0.1, 0.15) is 5.75 Å². The number of aryl methyl sites for hydroxylation is 1. The molecule has 0 spiro atoms. The van der Waals surface area contributed by atoms with Crippen LogP contribution in [0.15, 0.2) is 42.6 Å². The molecule has 0 aliphatic carbocycles. The molecule has 2 aromatic rings. The van der Waals surface area contributed by atoms with Gasteiger partial charge in [0, 0.05) is 44.6 Å². The van der Waals surface area contributed by atoms with Crippen molar-refractivity contribution in [3.63, 3.8) is 0 Å². The second-order valence-corrected chi connectivity index (χ2v) is 7.58. The van der Waals surface area contributed by atoms with Gasteiger partial charge in [-0.2, -0.15) is 0 Å². The predicted molar refractivity (Wildman–Crippen MR) is 109 cm³/mol. The van der Waals surface area contributed by atoms with Crippen molar-refractivity contribution in [3.8, 4) is 5.75 Å². The maximum absolute atomic E-state index is 12.8. The summed E-state index contributed by atoms with van der Waals surface area (Å²) in [4.78, 5) is 41.2. The zero-order valence-electron chi connectivity index (χ0n) is 16.9. The van der Waals surface area contributed by atoms with E-state index in [1.165, 1.54) is 12.3 Å². The molecule has 2 fully saturated rings. The van der Waals surface area contributed by atoms with Crippen LogP contribution in [0.25, 0.3) is 0 Å². The predicted octanol–water partition coefficient (Wildman–Crippen LogP) is 2.09. The second kappa shape index (κ2) is 8.94. The van der Waals surface area contributed by atoms with Gasteiger partial charge in [0.2, 0.25) is 5.91 Å². The topological polar surface area (TPSA) is 111 Å². The summed E-state index contributed by atoms with van der Waals surface area (Å²) in [6.45, 7) is 5.21. The summed E-state index contributed by atoms with van der Waals surface area (Å²) in [5, 5.41) is 16.9. The van der Waals surface area contributed by atoms with Crippen LogP contribution in [-0.2, 0) is 9.59 Å². The number of pyridine rings is 1. The van der Waals surface area contributed by atoms with Crippen molar-refractivity contribution in [1.29, 1.82) is 0 Å². The van der Waals surface area contributed by atoms with E-state index in [1.54, 1.807) is 17.9 Å². The van der Waals surface area contributed by atoms with Crippen molar-refractivity contribution < 1.29 is 24.6 Å². The molecule has 30 heavy (non-hydrogen) atoms. The molecular weight excluding hydrogens is 386 g/mol. The average Bonchev–Trinajstić information content (AvgIpc) is 3.27. The Hall–Kier alpha value is -3.42. The first-order valence-corrected chi connectivity index (χ1v) is 9.72. The van der Waals surface area contributed by atoms with Crippen LogP contribution in [0.5, 0.6) is 5.75 Å². The standard InChI is InChI=1S/C21H23N3O3.CH2O2/c1-13-6-3-4-7-16(13)20-17-12-23(10-15(17)11-24(20)14(2)25)21(27)19-18(26)8-5-9-22-19;2-1-3/h3-9,15,17,20,26H,10-12H2,1-2H3;1H,(H,2,3)/t15-,17-,20+;/m1./s1. The third kappa shape index (κ3) is 3.98. The van der Waals surface area contributed by atoms with Crippen LogP contribution in [0.1, 0.15) is 34.6 Å². The van der Waals surface area contributed by atoms with E-state index in [9.17, 15) is 14.7 Å². The number of aromatic hydroxyl groups is 1. The number of amides is 2. The summed E-state index contributed by atoms with van der Waals surface area (Å²) >= 11 is 0. The number of benzene rings is 1. The van der Waals surface area contributed by atoms with Crippen molar-refractivity contribution >= 4 is 18.3 Å². The Kier molecular flexibility index (Phi) is 6.34. The lowest BCUT2D eigenvalue weighted by atomic mass is 9.87.